The Morgan fingerprint density at radius 2 is 1.62 bits per heavy atom. The van der Waals surface area contributed by atoms with Gasteiger partial charge in [-0.2, -0.15) is 9.41 Å². The van der Waals surface area contributed by atoms with E-state index in [1.165, 1.54) is 42.6 Å². The van der Waals surface area contributed by atoms with Crippen LogP contribution in [0.25, 0.3) is 0 Å². The Morgan fingerprint density at radius 1 is 1.00 bits per heavy atom. The van der Waals surface area contributed by atoms with Crippen molar-refractivity contribution in [2.75, 3.05) is 6.54 Å². The summed E-state index contributed by atoms with van der Waals surface area (Å²) in [7, 11) is -4.01. The molecule has 166 valence electrons. The van der Waals surface area contributed by atoms with E-state index in [4.69, 9.17) is 23.2 Å². The average Bonchev–Trinajstić information content (AvgIpc) is 2.75. The number of sulfonamides is 1. The summed E-state index contributed by atoms with van der Waals surface area (Å²) >= 11 is 11.8. The van der Waals surface area contributed by atoms with Crippen molar-refractivity contribution < 1.29 is 18.3 Å². The van der Waals surface area contributed by atoms with Crippen LogP contribution in [0.2, 0.25) is 10.0 Å². The number of halogens is 2. The molecule has 32 heavy (non-hydrogen) atoms. The maximum Gasteiger partial charge on any atom is 0.255 e. The zero-order valence-electron chi connectivity index (χ0n) is 16.7. The predicted octanol–water partition coefficient (Wildman–Crippen LogP) is 4.04. The van der Waals surface area contributed by atoms with Gasteiger partial charge in [0.2, 0.25) is 10.0 Å². The number of hydrogen-bond donors (Lipinski definition) is 2. The smallest absolute Gasteiger partial charge is 0.255 e. The number of nitrogens with one attached hydrogen (secondary N) is 1. The highest BCUT2D eigenvalue weighted by Crippen LogP contribution is 2.21. The lowest BCUT2D eigenvalue weighted by atomic mass is 10.2. The molecule has 0 aromatic heterocycles. The molecule has 7 nitrogen and oxygen atoms in total. The maximum atomic E-state index is 13.2. The molecule has 0 atom stereocenters. The van der Waals surface area contributed by atoms with Gasteiger partial charge < -0.3 is 5.11 Å². The number of aromatic hydroxyl groups is 1. The van der Waals surface area contributed by atoms with Crippen LogP contribution >= 0.6 is 23.2 Å². The van der Waals surface area contributed by atoms with Crippen molar-refractivity contribution in [3.8, 4) is 5.75 Å². The fraction of sp³-hybridized carbons (Fsp3) is 0.0909. The van der Waals surface area contributed by atoms with Crippen LogP contribution in [-0.2, 0) is 21.4 Å². The molecule has 0 aliphatic heterocycles. The van der Waals surface area contributed by atoms with E-state index < -0.39 is 22.5 Å². The highest BCUT2D eigenvalue weighted by atomic mass is 35.5. The number of carbonyl (C=O) groups excluding carboxylic acids is 1. The number of hydrogen-bond acceptors (Lipinski definition) is 5. The molecule has 0 saturated carbocycles. The molecule has 0 aliphatic carbocycles. The molecular weight excluding hydrogens is 473 g/mol. The van der Waals surface area contributed by atoms with Crippen molar-refractivity contribution in [2.45, 2.75) is 11.4 Å². The van der Waals surface area contributed by atoms with E-state index in [0.29, 0.717) is 21.2 Å². The van der Waals surface area contributed by atoms with Gasteiger partial charge in [0.25, 0.3) is 5.91 Å². The Hall–Kier alpha value is -2.91. The molecule has 0 radical (unpaired) electrons. The molecule has 0 bridgehead atoms. The van der Waals surface area contributed by atoms with Gasteiger partial charge >= 0.3 is 0 Å². The number of benzene rings is 3. The lowest BCUT2D eigenvalue weighted by Gasteiger charge is -2.21. The summed E-state index contributed by atoms with van der Waals surface area (Å²) in [6.45, 7) is -0.517. The van der Waals surface area contributed by atoms with Crippen LogP contribution in [0, 0.1) is 0 Å². The lowest BCUT2D eigenvalue weighted by Crippen LogP contribution is -2.39. The lowest BCUT2D eigenvalue weighted by molar-refractivity contribution is -0.121. The second-order valence-electron chi connectivity index (χ2n) is 6.74. The van der Waals surface area contributed by atoms with Crippen LogP contribution < -0.4 is 5.43 Å². The Morgan fingerprint density at radius 3 is 2.25 bits per heavy atom. The quantitative estimate of drug-likeness (QED) is 0.366. The largest absolute Gasteiger partial charge is 0.508 e. The number of nitrogens with zero attached hydrogens (tertiary/aromatic N) is 2. The topological polar surface area (TPSA) is 99.1 Å². The van der Waals surface area contributed by atoms with E-state index in [0.717, 1.165) is 4.31 Å². The van der Waals surface area contributed by atoms with Crippen LogP contribution in [0.3, 0.4) is 0 Å². The van der Waals surface area contributed by atoms with Crippen LogP contribution in [0.15, 0.2) is 82.8 Å². The van der Waals surface area contributed by atoms with Gasteiger partial charge in [-0.25, -0.2) is 13.8 Å². The Kier molecular flexibility index (Phi) is 7.87. The van der Waals surface area contributed by atoms with E-state index in [9.17, 15) is 18.3 Å². The molecule has 3 rings (SSSR count). The van der Waals surface area contributed by atoms with Gasteiger partial charge in [0.05, 0.1) is 17.7 Å². The fourth-order valence-electron chi connectivity index (χ4n) is 2.75. The number of rotatable bonds is 8. The standard InChI is InChI=1S/C22H19Cl2N3O4S/c23-18-6-4-16(5-7-18)14-27(32(30,31)21-10-8-19(24)9-11-21)15-22(29)26-25-13-17-2-1-3-20(28)12-17/h1-13,28H,14-15H2,(H,26,29)/b25-13-. The van der Waals surface area contributed by atoms with Crippen molar-refractivity contribution in [2.24, 2.45) is 5.10 Å². The van der Waals surface area contributed by atoms with Gasteiger partial charge in [-0.15, -0.1) is 0 Å². The van der Waals surface area contributed by atoms with Crippen molar-refractivity contribution >= 4 is 45.3 Å². The van der Waals surface area contributed by atoms with E-state index in [1.54, 1.807) is 36.4 Å². The van der Waals surface area contributed by atoms with Crippen LogP contribution in [-0.4, -0.2) is 36.5 Å². The molecule has 1 amide bonds. The van der Waals surface area contributed by atoms with Gasteiger partial charge in [-0.05, 0) is 59.7 Å². The first-order chi connectivity index (χ1) is 15.2. The van der Waals surface area contributed by atoms with Crippen LogP contribution in [0.5, 0.6) is 5.75 Å². The summed E-state index contributed by atoms with van der Waals surface area (Å²) in [5.41, 5.74) is 3.53. The predicted molar refractivity (Wildman–Crippen MR) is 124 cm³/mol. The third-order valence-electron chi connectivity index (χ3n) is 4.32. The number of carbonyl (C=O) groups is 1. The van der Waals surface area contributed by atoms with Crippen LogP contribution in [0.4, 0.5) is 0 Å². The zero-order chi connectivity index (χ0) is 23.1. The Balaban J connectivity index is 1.79. The summed E-state index contributed by atoms with van der Waals surface area (Å²) in [6.07, 6.45) is 1.34. The minimum absolute atomic E-state index is 0.00641. The van der Waals surface area contributed by atoms with Crippen molar-refractivity contribution in [1.29, 1.82) is 0 Å². The highest BCUT2D eigenvalue weighted by molar-refractivity contribution is 7.89. The molecule has 0 spiro atoms. The summed E-state index contributed by atoms with van der Waals surface area (Å²) in [4.78, 5) is 12.5. The first-order valence-corrected chi connectivity index (χ1v) is 11.5. The number of amides is 1. The molecular formula is C22H19Cl2N3O4S. The summed E-state index contributed by atoms with van der Waals surface area (Å²) in [5, 5.41) is 14.2. The van der Waals surface area contributed by atoms with Crippen molar-refractivity contribution in [1.82, 2.24) is 9.73 Å². The summed E-state index contributed by atoms with van der Waals surface area (Å²) in [5.74, 6) is -0.573. The molecule has 3 aromatic rings. The Labute approximate surface area is 196 Å². The fourth-order valence-corrected chi connectivity index (χ4v) is 4.39. The molecule has 0 saturated heterocycles. The minimum atomic E-state index is -4.01. The van der Waals surface area contributed by atoms with E-state index >= 15 is 0 Å². The summed E-state index contributed by atoms with van der Waals surface area (Å²) < 4.78 is 27.4. The number of hydrazone groups is 1. The van der Waals surface area contributed by atoms with Crippen molar-refractivity contribution in [3.05, 3.63) is 94.0 Å². The average molecular weight is 492 g/mol. The monoisotopic (exact) mass is 491 g/mol. The van der Waals surface area contributed by atoms with Crippen molar-refractivity contribution in [3.63, 3.8) is 0 Å². The molecule has 3 aromatic carbocycles. The molecule has 2 N–H and O–H groups in total. The first kappa shape index (κ1) is 23.7. The second kappa shape index (κ2) is 10.6. The third kappa shape index (κ3) is 6.54. The van der Waals surface area contributed by atoms with Gasteiger partial charge in [0, 0.05) is 16.6 Å². The maximum absolute atomic E-state index is 13.2. The van der Waals surface area contributed by atoms with Gasteiger partial charge in [0.15, 0.2) is 0 Å². The van der Waals surface area contributed by atoms with Gasteiger partial charge in [0.1, 0.15) is 5.75 Å². The van der Waals surface area contributed by atoms with Crippen LogP contribution in [0.1, 0.15) is 11.1 Å². The molecule has 10 heteroatoms. The molecule has 0 fully saturated rings. The Bertz CT molecular complexity index is 1210. The normalized spacial score (nSPS) is 11.7. The SMILES string of the molecule is O=C(CN(Cc1ccc(Cl)cc1)S(=O)(=O)c1ccc(Cl)cc1)N/N=C\c1cccc(O)c1. The van der Waals surface area contributed by atoms with E-state index in [-0.39, 0.29) is 17.2 Å². The molecule has 0 unspecified atom stereocenters. The zero-order valence-corrected chi connectivity index (χ0v) is 19.0. The molecule has 0 heterocycles. The summed E-state index contributed by atoms with van der Waals surface area (Å²) in [6, 6.07) is 18.6. The van der Waals surface area contributed by atoms with E-state index in [1.807, 2.05) is 0 Å². The van der Waals surface area contributed by atoms with Gasteiger partial charge in [-0.3, -0.25) is 4.79 Å². The number of phenolic OH excluding ortho intramolecular Hbond substituents is 1. The molecule has 0 aliphatic rings. The number of phenols is 1. The first-order valence-electron chi connectivity index (χ1n) is 9.35. The van der Waals surface area contributed by atoms with E-state index in [2.05, 4.69) is 10.5 Å². The minimum Gasteiger partial charge on any atom is -0.508 e. The highest BCUT2D eigenvalue weighted by Gasteiger charge is 2.27. The third-order valence-corrected chi connectivity index (χ3v) is 6.63. The van der Waals surface area contributed by atoms with Gasteiger partial charge in [-0.1, -0.05) is 47.5 Å². The second-order valence-corrected chi connectivity index (χ2v) is 9.55.